The Morgan fingerprint density at radius 2 is 1.86 bits per heavy atom. The number of methoxy groups -OCH3 is 1. The number of ether oxygens (including phenoxy) is 2. The van der Waals surface area contributed by atoms with Gasteiger partial charge >= 0.3 is 0 Å². The summed E-state index contributed by atoms with van der Waals surface area (Å²) in [5.74, 6) is 1.39. The highest BCUT2D eigenvalue weighted by molar-refractivity contribution is 7.80. The van der Waals surface area contributed by atoms with E-state index in [0.717, 1.165) is 43.7 Å². The molecule has 1 saturated heterocycles. The van der Waals surface area contributed by atoms with Crippen LogP contribution in [0.3, 0.4) is 0 Å². The number of benzene rings is 2. The number of hydrogen-bond acceptors (Lipinski definition) is 6. The molecule has 1 aromatic heterocycles. The molecule has 0 spiro atoms. The third-order valence-electron chi connectivity index (χ3n) is 7.07. The number of hydrogen-bond donors (Lipinski definition) is 2. The summed E-state index contributed by atoms with van der Waals surface area (Å²) in [5.41, 5.74) is 3.56. The summed E-state index contributed by atoms with van der Waals surface area (Å²) in [6.45, 7) is 3.54. The van der Waals surface area contributed by atoms with E-state index in [4.69, 9.17) is 26.7 Å². The lowest BCUT2D eigenvalue weighted by molar-refractivity contribution is 0.0515. The van der Waals surface area contributed by atoms with Crippen LogP contribution in [-0.2, 0) is 23.1 Å². The third-order valence-corrected chi connectivity index (χ3v) is 7.32. The summed E-state index contributed by atoms with van der Waals surface area (Å²) in [6.07, 6.45) is 2.61. The topological polar surface area (TPSA) is 71.5 Å². The first-order valence-electron chi connectivity index (χ1n) is 12.2. The van der Waals surface area contributed by atoms with Crippen molar-refractivity contribution >= 4 is 29.1 Å². The normalized spacial score (nSPS) is 16.7. The summed E-state index contributed by atoms with van der Waals surface area (Å²) in [7, 11) is 1.59. The SMILES string of the molecule is COc1cc(N2CCc3ccccc3C2)nc(NC(=S)NCC2(c3ccc(F)cc3)CCOCC2)n1. The molecule has 0 atom stereocenters. The van der Waals surface area contributed by atoms with Crippen molar-refractivity contribution in [2.24, 2.45) is 0 Å². The van der Waals surface area contributed by atoms with Crippen LogP contribution in [0.4, 0.5) is 16.2 Å². The smallest absolute Gasteiger partial charge is 0.234 e. The molecule has 5 rings (SSSR count). The number of aromatic nitrogens is 2. The molecule has 9 heteroatoms. The number of rotatable bonds is 6. The maximum absolute atomic E-state index is 13.5. The molecular formula is C27H30FN5O2S. The van der Waals surface area contributed by atoms with Gasteiger partial charge in [-0.3, -0.25) is 0 Å². The number of nitrogens with zero attached hydrogens (tertiary/aromatic N) is 3. The van der Waals surface area contributed by atoms with Gasteiger partial charge in [0.1, 0.15) is 11.6 Å². The molecule has 3 aromatic rings. The number of thiocarbonyl (C=S) groups is 1. The van der Waals surface area contributed by atoms with Crippen molar-refractivity contribution in [2.45, 2.75) is 31.2 Å². The minimum atomic E-state index is -0.241. The van der Waals surface area contributed by atoms with Crippen LogP contribution in [0.1, 0.15) is 29.5 Å². The zero-order chi connectivity index (χ0) is 25.0. The lowest BCUT2D eigenvalue weighted by Gasteiger charge is -2.38. The predicted octanol–water partition coefficient (Wildman–Crippen LogP) is 4.22. The Kier molecular flexibility index (Phi) is 7.29. The van der Waals surface area contributed by atoms with Crippen molar-refractivity contribution in [3.8, 4) is 5.88 Å². The molecule has 0 radical (unpaired) electrons. The van der Waals surface area contributed by atoms with E-state index < -0.39 is 0 Å². The maximum atomic E-state index is 13.5. The molecule has 0 unspecified atom stereocenters. The second-order valence-corrected chi connectivity index (χ2v) is 9.65. The van der Waals surface area contributed by atoms with Crippen LogP contribution in [0.2, 0.25) is 0 Å². The van der Waals surface area contributed by atoms with Crippen LogP contribution in [0.5, 0.6) is 5.88 Å². The third kappa shape index (κ3) is 5.42. The van der Waals surface area contributed by atoms with E-state index in [1.54, 1.807) is 7.11 Å². The minimum Gasteiger partial charge on any atom is -0.481 e. The van der Waals surface area contributed by atoms with Gasteiger partial charge < -0.3 is 25.0 Å². The average molecular weight is 508 g/mol. The highest BCUT2D eigenvalue weighted by Gasteiger charge is 2.34. The highest BCUT2D eigenvalue weighted by Crippen LogP contribution is 2.34. The monoisotopic (exact) mass is 507 g/mol. The molecule has 2 aliphatic heterocycles. The van der Waals surface area contributed by atoms with Gasteiger partial charge in [-0.05, 0) is 60.3 Å². The molecule has 1 fully saturated rings. The average Bonchev–Trinajstić information content (AvgIpc) is 2.92. The molecule has 2 N–H and O–H groups in total. The van der Waals surface area contributed by atoms with Gasteiger partial charge in [0, 0.05) is 44.3 Å². The number of fused-ring (bicyclic) bond motifs is 1. The van der Waals surface area contributed by atoms with Gasteiger partial charge in [0.25, 0.3) is 0 Å². The molecule has 0 bridgehead atoms. The number of nitrogens with one attached hydrogen (secondary N) is 2. The Morgan fingerprint density at radius 3 is 2.61 bits per heavy atom. The molecule has 2 aromatic carbocycles. The molecule has 7 nitrogen and oxygen atoms in total. The summed E-state index contributed by atoms with van der Waals surface area (Å²) in [6, 6.07) is 17.1. The van der Waals surface area contributed by atoms with Crippen molar-refractivity contribution in [3.05, 3.63) is 77.1 Å². The van der Waals surface area contributed by atoms with Crippen LogP contribution in [0.15, 0.2) is 54.6 Å². The number of anilines is 2. The summed E-state index contributed by atoms with van der Waals surface area (Å²) < 4.78 is 24.6. The van der Waals surface area contributed by atoms with Gasteiger partial charge in [0.05, 0.1) is 7.11 Å². The van der Waals surface area contributed by atoms with E-state index in [2.05, 4.69) is 44.8 Å². The largest absolute Gasteiger partial charge is 0.481 e. The summed E-state index contributed by atoms with van der Waals surface area (Å²) >= 11 is 5.61. The quantitative estimate of drug-likeness (QED) is 0.481. The van der Waals surface area contributed by atoms with E-state index in [1.807, 2.05) is 18.2 Å². The molecule has 3 heterocycles. The van der Waals surface area contributed by atoms with Crippen molar-refractivity contribution in [1.82, 2.24) is 15.3 Å². The molecular weight excluding hydrogens is 477 g/mol. The predicted molar refractivity (Wildman–Crippen MR) is 142 cm³/mol. The van der Waals surface area contributed by atoms with Crippen LogP contribution in [0.25, 0.3) is 0 Å². The molecule has 0 amide bonds. The molecule has 2 aliphatic rings. The van der Waals surface area contributed by atoms with E-state index in [9.17, 15) is 4.39 Å². The lowest BCUT2D eigenvalue weighted by atomic mass is 9.74. The maximum Gasteiger partial charge on any atom is 0.234 e. The Labute approximate surface area is 216 Å². The van der Waals surface area contributed by atoms with Gasteiger partial charge in [-0.2, -0.15) is 9.97 Å². The van der Waals surface area contributed by atoms with Gasteiger partial charge in [0.15, 0.2) is 5.11 Å². The summed E-state index contributed by atoms with van der Waals surface area (Å²) in [4.78, 5) is 11.4. The fourth-order valence-corrected chi connectivity index (χ4v) is 5.12. The first-order chi connectivity index (χ1) is 17.5. The van der Waals surface area contributed by atoms with Gasteiger partial charge in [0.2, 0.25) is 11.8 Å². The highest BCUT2D eigenvalue weighted by atomic mass is 32.1. The Morgan fingerprint density at radius 1 is 1.11 bits per heavy atom. The summed E-state index contributed by atoms with van der Waals surface area (Å²) in [5, 5.41) is 6.90. The lowest BCUT2D eigenvalue weighted by Crippen LogP contribution is -2.45. The van der Waals surface area contributed by atoms with Crippen LogP contribution in [0, 0.1) is 5.82 Å². The van der Waals surface area contributed by atoms with Crippen molar-refractivity contribution in [3.63, 3.8) is 0 Å². The first-order valence-corrected chi connectivity index (χ1v) is 12.6. The second kappa shape index (κ2) is 10.8. The van der Waals surface area contributed by atoms with Crippen LogP contribution in [-0.4, -0.2) is 48.5 Å². The zero-order valence-electron chi connectivity index (χ0n) is 20.3. The molecule has 0 saturated carbocycles. The molecule has 188 valence electrons. The van der Waals surface area contributed by atoms with Crippen LogP contribution >= 0.6 is 12.2 Å². The standard InChI is InChI=1S/C27H30FN5O2S/c1-34-24-16-23(33-13-10-19-4-2-3-5-20(19)17-33)30-25(31-24)32-26(36)29-18-27(11-14-35-15-12-27)21-6-8-22(28)9-7-21/h2-9,16H,10-15,17-18H2,1H3,(H2,29,30,31,32,36). The van der Waals surface area contributed by atoms with E-state index in [0.29, 0.717) is 36.7 Å². The van der Waals surface area contributed by atoms with Gasteiger partial charge in [-0.25, -0.2) is 4.39 Å². The fourth-order valence-electron chi connectivity index (χ4n) is 4.95. The van der Waals surface area contributed by atoms with E-state index in [-0.39, 0.29) is 11.2 Å². The van der Waals surface area contributed by atoms with Gasteiger partial charge in [-0.15, -0.1) is 0 Å². The Balaban J connectivity index is 1.29. The zero-order valence-corrected chi connectivity index (χ0v) is 21.1. The van der Waals surface area contributed by atoms with Gasteiger partial charge in [-0.1, -0.05) is 36.4 Å². The van der Waals surface area contributed by atoms with Crippen molar-refractivity contribution in [2.75, 3.05) is 43.6 Å². The Hall–Kier alpha value is -3.30. The molecule has 36 heavy (non-hydrogen) atoms. The van der Waals surface area contributed by atoms with E-state index >= 15 is 0 Å². The fraction of sp³-hybridized carbons (Fsp3) is 0.370. The first kappa shape index (κ1) is 24.4. The second-order valence-electron chi connectivity index (χ2n) is 9.24. The van der Waals surface area contributed by atoms with E-state index in [1.165, 1.54) is 23.3 Å². The van der Waals surface area contributed by atoms with Crippen molar-refractivity contribution in [1.29, 1.82) is 0 Å². The van der Waals surface area contributed by atoms with Crippen LogP contribution < -0.4 is 20.3 Å². The Bertz CT molecular complexity index is 1220. The number of halogens is 1. The molecule has 0 aliphatic carbocycles. The van der Waals surface area contributed by atoms with Crippen molar-refractivity contribution < 1.29 is 13.9 Å². The minimum absolute atomic E-state index is 0.195.